The van der Waals surface area contributed by atoms with E-state index >= 15 is 0 Å². The second kappa shape index (κ2) is 4.24. The minimum Gasteiger partial charge on any atom is -0.316 e. The van der Waals surface area contributed by atoms with Crippen molar-refractivity contribution >= 4 is 9.84 Å². The SMILES string of the molecule is O=S(=O)(C[C@H]1CCNC1)c1ncccn1. The lowest BCUT2D eigenvalue weighted by atomic mass is 10.2. The Hall–Kier alpha value is -1.01. The summed E-state index contributed by atoms with van der Waals surface area (Å²) in [6.07, 6.45) is 3.81. The fourth-order valence-electron chi connectivity index (χ4n) is 1.69. The van der Waals surface area contributed by atoms with Gasteiger partial charge in [-0.1, -0.05) is 0 Å². The Labute approximate surface area is 88.9 Å². The van der Waals surface area contributed by atoms with Gasteiger partial charge in [-0.05, 0) is 31.5 Å². The van der Waals surface area contributed by atoms with Gasteiger partial charge in [-0.3, -0.25) is 0 Å². The predicted molar refractivity (Wildman–Crippen MR) is 55.1 cm³/mol. The number of nitrogens with zero attached hydrogens (tertiary/aromatic N) is 2. The van der Waals surface area contributed by atoms with Crippen molar-refractivity contribution in [2.45, 2.75) is 11.6 Å². The lowest BCUT2D eigenvalue weighted by Crippen LogP contribution is -2.20. The molecule has 1 fully saturated rings. The van der Waals surface area contributed by atoms with E-state index in [9.17, 15) is 8.42 Å². The van der Waals surface area contributed by atoms with Crippen LogP contribution in [-0.4, -0.2) is 37.2 Å². The van der Waals surface area contributed by atoms with E-state index < -0.39 is 9.84 Å². The highest BCUT2D eigenvalue weighted by molar-refractivity contribution is 7.91. The van der Waals surface area contributed by atoms with Crippen molar-refractivity contribution in [2.24, 2.45) is 5.92 Å². The molecule has 1 aliphatic heterocycles. The minimum atomic E-state index is -3.31. The van der Waals surface area contributed by atoms with E-state index in [2.05, 4.69) is 15.3 Å². The van der Waals surface area contributed by atoms with E-state index in [1.54, 1.807) is 6.07 Å². The van der Waals surface area contributed by atoms with Crippen LogP contribution in [0.2, 0.25) is 0 Å². The minimum absolute atomic E-state index is 0.0584. The van der Waals surface area contributed by atoms with Crippen LogP contribution >= 0.6 is 0 Å². The van der Waals surface area contributed by atoms with Crippen LogP contribution in [0.3, 0.4) is 0 Å². The predicted octanol–water partition coefficient (Wildman–Crippen LogP) is -0.140. The topological polar surface area (TPSA) is 72.0 Å². The molecule has 0 radical (unpaired) electrons. The first-order chi connectivity index (χ1) is 7.18. The molecule has 1 N–H and O–H groups in total. The molecule has 0 aliphatic carbocycles. The first-order valence-corrected chi connectivity index (χ1v) is 6.54. The number of aromatic nitrogens is 2. The van der Waals surface area contributed by atoms with E-state index in [4.69, 9.17) is 0 Å². The standard InChI is InChI=1S/C9H13N3O2S/c13-15(14,7-8-2-5-10-6-8)9-11-3-1-4-12-9/h1,3-4,8,10H,2,5-7H2/t8-/m0/s1. The number of nitrogens with one attached hydrogen (secondary N) is 1. The molecule has 2 heterocycles. The van der Waals surface area contributed by atoms with Gasteiger partial charge in [0.15, 0.2) is 0 Å². The normalized spacial score (nSPS) is 21.7. The molecule has 2 rings (SSSR count). The van der Waals surface area contributed by atoms with Crippen LogP contribution in [0.1, 0.15) is 6.42 Å². The third kappa shape index (κ3) is 2.51. The zero-order chi connectivity index (χ0) is 10.7. The molecule has 0 bridgehead atoms. The van der Waals surface area contributed by atoms with Crippen LogP contribution in [0, 0.1) is 5.92 Å². The van der Waals surface area contributed by atoms with Crippen molar-refractivity contribution in [2.75, 3.05) is 18.8 Å². The molecule has 1 saturated heterocycles. The van der Waals surface area contributed by atoms with Crippen molar-refractivity contribution in [3.05, 3.63) is 18.5 Å². The molecular formula is C9H13N3O2S. The highest BCUT2D eigenvalue weighted by Crippen LogP contribution is 2.14. The van der Waals surface area contributed by atoms with Crippen molar-refractivity contribution in [1.82, 2.24) is 15.3 Å². The van der Waals surface area contributed by atoms with Gasteiger partial charge < -0.3 is 5.32 Å². The van der Waals surface area contributed by atoms with Crippen molar-refractivity contribution in [1.29, 1.82) is 0 Å². The molecular weight excluding hydrogens is 214 g/mol. The van der Waals surface area contributed by atoms with Gasteiger partial charge in [-0.25, -0.2) is 18.4 Å². The number of hydrogen-bond acceptors (Lipinski definition) is 5. The Morgan fingerprint density at radius 3 is 2.73 bits per heavy atom. The number of sulfone groups is 1. The molecule has 1 atom stereocenters. The molecule has 82 valence electrons. The summed E-state index contributed by atoms with van der Waals surface area (Å²) in [6, 6.07) is 1.61. The van der Waals surface area contributed by atoms with Crippen LogP contribution in [0.25, 0.3) is 0 Å². The van der Waals surface area contributed by atoms with Crippen LogP contribution < -0.4 is 5.32 Å². The number of hydrogen-bond donors (Lipinski definition) is 1. The summed E-state index contributed by atoms with van der Waals surface area (Å²) in [7, 11) is -3.31. The van der Waals surface area contributed by atoms with E-state index in [0.717, 1.165) is 19.5 Å². The first kappa shape index (κ1) is 10.5. The third-order valence-electron chi connectivity index (χ3n) is 2.44. The van der Waals surface area contributed by atoms with Gasteiger partial charge in [0.1, 0.15) is 0 Å². The molecule has 5 nitrogen and oxygen atoms in total. The molecule has 15 heavy (non-hydrogen) atoms. The van der Waals surface area contributed by atoms with Gasteiger partial charge in [0, 0.05) is 12.4 Å². The van der Waals surface area contributed by atoms with Gasteiger partial charge in [0.05, 0.1) is 5.75 Å². The molecule has 1 aliphatic rings. The van der Waals surface area contributed by atoms with Gasteiger partial charge in [0.25, 0.3) is 0 Å². The fraction of sp³-hybridized carbons (Fsp3) is 0.556. The van der Waals surface area contributed by atoms with E-state index in [1.165, 1.54) is 12.4 Å². The van der Waals surface area contributed by atoms with Gasteiger partial charge in [-0.2, -0.15) is 0 Å². The van der Waals surface area contributed by atoms with Gasteiger partial charge in [0.2, 0.25) is 15.0 Å². The molecule has 0 amide bonds. The number of rotatable bonds is 3. The van der Waals surface area contributed by atoms with Crippen LogP contribution in [0.4, 0.5) is 0 Å². The summed E-state index contributed by atoms with van der Waals surface area (Å²) < 4.78 is 23.7. The molecule has 6 heteroatoms. The molecule has 0 unspecified atom stereocenters. The molecule has 0 aromatic carbocycles. The lowest BCUT2D eigenvalue weighted by molar-refractivity contribution is 0.562. The summed E-state index contributed by atoms with van der Waals surface area (Å²) >= 11 is 0. The Morgan fingerprint density at radius 2 is 2.13 bits per heavy atom. The highest BCUT2D eigenvalue weighted by atomic mass is 32.2. The monoisotopic (exact) mass is 227 g/mol. The second-order valence-corrected chi connectivity index (χ2v) is 5.60. The largest absolute Gasteiger partial charge is 0.316 e. The zero-order valence-corrected chi connectivity index (χ0v) is 9.07. The van der Waals surface area contributed by atoms with Crippen LogP contribution in [0.15, 0.2) is 23.6 Å². The fourth-order valence-corrected chi connectivity index (χ4v) is 3.18. The first-order valence-electron chi connectivity index (χ1n) is 4.89. The average Bonchev–Trinajstić information content (AvgIpc) is 2.71. The maximum absolute atomic E-state index is 11.8. The second-order valence-electron chi connectivity index (χ2n) is 3.67. The smallest absolute Gasteiger partial charge is 0.247 e. The van der Waals surface area contributed by atoms with Crippen molar-refractivity contribution in [3.63, 3.8) is 0 Å². The van der Waals surface area contributed by atoms with Crippen molar-refractivity contribution in [3.8, 4) is 0 Å². The average molecular weight is 227 g/mol. The van der Waals surface area contributed by atoms with Crippen LogP contribution in [-0.2, 0) is 9.84 Å². The molecule has 0 spiro atoms. The summed E-state index contributed by atoms with van der Waals surface area (Å²) in [6.45, 7) is 1.67. The van der Waals surface area contributed by atoms with Gasteiger partial charge >= 0.3 is 0 Å². The van der Waals surface area contributed by atoms with Crippen LogP contribution in [0.5, 0.6) is 0 Å². The maximum Gasteiger partial charge on any atom is 0.247 e. The Bertz CT molecular complexity index is 412. The quantitative estimate of drug-likeness (QED) is 0.728. The summed E-state index contributed by atoms with van der Waals surface area (Å²) in [4.78, 5) is 7.55. The maximum atomic E-state index is 11.8. The van der Waals surface area contributed by atoms with E-state index in [-0.39, 0.29) is 16.8 Å². The Balaban J connectivity index is 2.13. The highest BCUT2D eigenvalue weighted by Gasteiger charge is 2.25. The van der Waals surface area contributed by atoms with E-state index in [1.807, 2.05) is 0 Å². The summed E-state index contributed by atoms with van der Waals surface area (Å²) in [5.41, 5.74) is 0. The van der Waals surface area contributed by atoms with Gasteiger partial charge in [-0.15, -0.1) is 0 Å². The summed E-state index contributed by atoms with van der Waals surface area (Å²) in [5.74, 6) is 0.336. The molecule has 0 saturated carbocycles. The zero-order valence-electron chi connectivity index (χ0n) is 8.26. The molecule has 1 aromatic rings. The third-order valence-corrected chi connectivity index (χ3v) is 4.12. The Morgan fingerprint density at radius 1 is 1.40 bits per heavy atom. The lowest BCUT2D eigenvalue weighted by Gasteiger charge is -2.07. The Kier molecular flexibility index (Phi) is 2.97. The molecule has 1 aromatic heterocycles. The summed E-state index contributed by atoms with van der Waals surface area (Å²) in [5, 5.41) is 3.08. The van der Waals surface area contributed by atoms with Crippen molar-refractivity contribution < 1.29 is 8.42 Å². The van der Waals surface area contributed by atoms with E-state index in [0.29, 0.717) is 0 Å².